The van der Waals surface area contributed by atoms with E-state index in [1.165, 1.54) is 0 Å². The van der Waals surface area contributed by atoms with Gasteiger partial charge in [0.05, 0.1) is 14.2 Å². The quantitative estimate of drug-likeness (QED) is 0.183. The van der Waals surface area contributed by atoms with Gasteiger partial charge in [-0.3, -0.25) is 0 Å². The third-order valence-electron chi connectivity index (χ3n) is 5.62. The maximum absolute atomic E-state index is 12.5. The van der Waals surface area contributed by atoms with Crippen LogP contribution in [0, 0.1) is 13.8 Å². The van der Waals surface area contributed by atoms with Crippen molar-refractivity contribution in [2.45, 2.75) is 13.8 Å². The second-order valence-electron chi connectivity index (χ2n) is 8.54. The molecule has 38 heavy (non-hydrogen) atoms. The number of phosphoric ester groups is 1. The monoisotopic (exact) mass is 538 g/mol. The van der Waals surface area contributed by atoms with Gasteiger partial charge in [-0.05, 0) is 102 Å². The van der Waals surface area contributed by atoms with Crippen LogP contribution in [0.25, 0.3) is 11.6 Å². The zero-order valence-corrected chi connectivity index (χ0v) is 25.0. The summed E-state index contributed by atoms with van der Waals surface area (Å²) in [4.78, 5) is 12.5. The summed E-state index contributed by atoms with van der Waals surface area (Å²) in [6.07, 6.45) is 2.02. The largest absolute Gasteiger partial charge is 1.00 e. The number of methoxy groups -OCH3 is 2. The van der Waals surface area contributed by atoms with Gasteiger partial charge in [0.15, 0.2) is 0 Å². The normalized spacial score (nSPS) is 11.9. The molecule has 0 aliphatic carbocycles. The van der Waals surface area contributed by atoms with E-state index in [-0.39, 0.29) is 41.1 Å². The number of ether oxygens (including phenoxy) is 2. The van der Waals surface area contributed by atoms with Crippen molar-refractivity contribution in [2.24, 2.45) is 0 Å². The van der Waals surface area contributed by atoms with Crippen LogP contribution in [0.15, 0.2) is 91.0 Å². The van der Waals surface area contributed by atoms with E-state index in [0.717, 1.165) is 44.9 Å². The van der Waals surface area contributed by atoms with Crippen molar-refractivity contribution in [3.05, 3.63) is 119 Å². The first kappa shape index (κ1) is 29.6. The third-order valence-corrected chi connectivity index (χ3v) is 6.49. The van der Waals surface area contributed by atoms with Crippen LogP contribution < -0.4 is 53.0 Å². The molecule has 0 aliphatic heterocycles. The van der Waals surface area contributed by atoms with E-state index in [1.54, 1.807) is 50.6 Å². The molecule has 0 bridgehead atoms. The Bertz CT molecular complexity index is 1360. The zero-order chi connectivity index (χ0) is 26.4. The van der Waals surface area contributed by atoms with Gasteiger partial charge in [0.1, 0.15) is 23.0 Å². The molecule has 0 spiro atoms. The standard InChI is InChI=1S/C30H29O6P.Na/c1-21-17-22(2)19-29(18-21)36-37(31,32)35-28-11-5-23(6-12-28)20-30(24-7-13-26(33-3)14-8-24)25-9-15-27(34-4)16-10-25;/h5-20H,1-4H3,(H,31,32);/q;+1/p-1. The van der Waals surface area contributed by atoms with E-state index in [1.807, 2.05) is 74.5 Å². The Morgan fingerprint density at radius 2 is 1.08 bits per heavy atom. The zero-order valence-electron chi connectivity index (χ0n) is 22.1. The smallest absolute Gasteiger partial charge is 0.736 e. The molecule has 4 aromatic carbocycles. The first-order chi connectivity index (χ1) is 17.7. The Morgan fingerprint density at radius 1 is 0.658 bits per heavy atom. The fourth-order valence-corrected chi connectivity index (χ4v) is 4.71. The van der Waals surface area contributed by atoms with Crippen LogP contribution in [0.1, 0.15) is 27.8 Å². The Labute approximate surface area is 245 Å². The molecule has 0 aliphatic rings. The van der Waals surface area contributed by atoms with Gasteiger partial charge < -0.3 is 23.4 Å². The molecule has 190 valence electrons. The molecule has 0 amide bonds. The molecule has 4 aromatic rings. The molecule has 0 heterocycles. The van der Waals surface area contributed by atoms with Crippen LogP contribution in [0.5, 0.6) is 23.0 Å². The topological polar surface area (TPSA) is 77.1 Å². The van der Waals surface area contributed by atoms with Gasteiger partial charge in [0, 0.05) is 0 Å². The molecule has 0 saturated heterocycles. The Kier molecular flexibility index (Phi) is 10.3. The van der Waals surface area contributed by atoms with Crippen LogP contribution >= 0.6 is 7.82 Å². The summed E-state index contributed by atoms with van der Waals surface area (Å²) in [5.41, 5.74) is 5.64. The number of aryl methyl sites for hydroxylation is 2. The van der Waals surface area contributed by atoms with E-state index in [0.29, 0.717) is 0 Å². The van der Waals surface area contributed by atoms with Gasteiger partial charge in [-0.2, -0.15) is 0 Å². The Hall–Kier alpha value is -2.99. The van der Waals surface area contributed by atoms with Gasteiger partial charge in [-0.1, -0.05) is 42.5 Å². The maximum Gasteiger partial charge on any atom is 1.00 e. The average molecular weight is 539 g/mol. The number of rotatable bonds is 9. The maximum atomic E-state index is 12.5. The van der Waals surface area contributed by atoms with Gasteiger partial charge in [0.2, 0.25) is 0 Å². The number of hydrogen-bond donors (Lipinski definition) is 0. The first-order valence-corrected chi connectivity index (χ1v) is 13.1. The summed E-state index contributed by atoms with van der Waals surface area (Å²) in [5, 5.41) is 0. The van der Waals surface area contributed by atoms with E-state index in [9.17, 15) is 9.46 Å². The number of phosphoric acid groups is 1. The third kappa shape index (κ3) is 8.00. The van der Waals surface area contributed by atoms with Crippen LogP contribution in [0.3, 0.4) is 0 Å². The molecule has 0 fully saturated rings. The van der Waals surface area contributed by atoms with Crippen molar-refractivity contribution < 1.29 is 57.5 Å². The molecular weight excluding hydrogens is 510 g/mol. The first-order valence-electron chi connectivity index (χ1n) is 11.6. The van der Waals surface area contributed by atoms with Crippen LogP contribution in [0.2, 0.25) is 0 Å². The summed E-state index contributed by atoms with van der Waals surface area (Å²) < 4.78 is 33.4. The molecule has 0 N–H and O–H groups in total. The van der Waals surface area contributed by atoms with Crippen molar-refractivity contribution >= 4 is 19.5 Å². The minimum absolute atomic E-state index is 0. The van der Waals surface area contributed by atoms with Crippen molar-refractivity contribution in [2.75, 3.05) is 14.2 Å². The molecule has 1 atom stereocenters. The van der Waals surface area contributed by atoms with E-state index in [2.05, 4.69) is 0 Å². The van der Waals surface area contributed by atoms with Crippen molar-refractivity contribution in [3.8, 4) is 23.0 Å². The summed E-state index contributed by atoms with van der Waals surface area (Å²) in [6.45, 7) is 3.74. The van der Waals surface area contributed by atoms with Gasteiger partial charge in [0.25, 0.3) is 0 Å². The summed E-state index contributed by atoms with van der Waals surface area (Å²) in [6, 6.07) is 27.6. The van der Waals surface area contributed by atoms with Gasteiger partial charge in [-0.25, -0.2) is 4.57 Å². The molecule has 8 heteroatoms. The SMILES string of the molecule is COc1ccc(C(=Cc2ccc(OP(=O)([O-])Oc3cc(C)cc(C)c3)cc2)c2ccc(OC)cc2)cc1.[Na+]. The molecule has 0 saturated carbocycles. The fourth-order valence-electron chi connectivity index (χ4n) is 3.93. The summed E-state index contributed by atoms with van der Waals surface area (Å²) in [5.74, 6) is 1.92. The van der Waals surface area contributed by atoms with Gasteiger partial charge in [-0.15, -0.1) is 0 Å². The fraction of sp³-hybridized carbons (Fsp3) is 0.133. The Morgan fingerprint density at radius 3 is 1.53 bits per heavy atom. The molecular formula is C30H28NaO6P. The van der Waals surface area contributed by atoms with Gasteiger partial charge >= 0.3 is 37.4 Å². The van der Waals surface area contributed by atoms with E-state index < -0.39 is 7.82 Å². The van der Waals surface area contributed by atoms with E-state index >= 15 is 0 Å². The van der Waals surface area contributed by atoms with Crippen molar-refractivity contribution in [1.82, 2.24) is 0 Å². The minimum Gasteiger partial charge on any atom is -0.736 e. The minimum atomic E-state index is -4.62. The summed E-state index contributed by atoms with van der Waals surface area (Å²) in [7, 11) is -1.36. The molecule has 6 nitrogen and oxygen atoms in total. The molecule has 4 rings (SSSR count). The van der Waals surface area contributed by atoms with Crippen molar-refractivity contribution in [3.63, 3.8) is 0 Å². The molecule has 0 radical (unpaired) electrons. The van der Waals surface area contributed by atoms with Crippen LogP contribution in [-0.4, -0.2) is 14.2 Å². The predicted octanol–water partition coefficient (Wildman–Crippen LogP) is 3.84. The Balaban J connectivity index is 0.00000400. The van der Waals surface area contributed by atoms with Crippen LogP contribution in [-0.2, 0) is 4.57 Å². The van der Waals surface area contributed by atoms with Crippen LogP contribution in [0.4, 0.5) is 0 Å². The molecule has 1 unspecified atom stereocenters. The number of benzene rings is 4. The summed E-state index contributed by atoms with van der Waals surface area (Å²) >= 11 is 0. The predicted molar refractivity (Wildman–Crippen MR) is 144 cm³/mol. The number of hydrogen-bond acceptors (Lipinski definition) is 6. The second-order valence-corrected chi connectivity index (χ2v) is 9.80. The van der Waals surface area contributed by atoms with E-state index in [4.69, 9.17) is 18.5 Å². The molecule has 0 aromatic heterocycles. The second kappa shape index (κ2) is 13.2. The average Bonchev–Trinajstić information content (AvgIpc) is 2.87. The van der Waals surface area contributed by atoms with Crippen molar-refractivity contribution in [1.29, 1.82) is 0 Å².